The molecule has 1 saturated heterocycles. The van der Waals surface area contributed by atoms with Gasteiger partial charge >= 0.3 is 0 Å². The summed E-state index contributed by atoms with van der Waals surface area (Å²) in [6.45, 7) is 7.12. The molecule has 1 aliphatic rings. The van der Waals surface area contributed by atoms with Crippen molar-refractivity contribution in [3.8, 4) is 11.4 Å². The van der Waals surface area contributed by atoms with Crippen LogP contribution in [0.3, 0.4) is 0 Å². The van der Waals surface area contributed by atoms with Crippen LogP contribution in [-0.4, -0.2) is 27.5 Å². The predicted molar refractivity (Wildman–Crippen MR) is 106 cm³/mol. The molecule has 2 heterocycles. The number of benzene rings is 1. The van der Waals surface area contributed by atoms with Crippen LogP contribution in [0.25, 0.3) is 11.4 Å². The molecule has 0 N–H and O–H groups in total. The van der Waals surface area contributed by atoms with Crippen LogP contribution in [0.1, 0.15) is 76.3 Å². The quantitative estimate of drug-likeness (QED) is 0.663. The van der Waals surface area contributed by atoms with Gasteiger partial charge in [-0.25, -0.2) is 0 Å². The van der Waals surface area contributed by atoms with Gasteiger partial charge in [-0.15, -0.1) is 0 Å². The zero-order valence-corrected chi connectivity index (χ0v) is 16.8. The minimum absolute atomic E-state index is 0.0892. The maximum absolute atomic E-state index is 13.2. The largest absolute Gasteiger partial charge is 0.337 e. The summed E-state index contributed by atoms with van der Waals surface area (Å²) in [6.07, 6.45) is 7.10. The minimum Gasteiger partial charge on any atom is -0.337 e. The number of hydrogen-bond acceptors (Lipinski definition) is 4. The first kappa shape index (κ1) is 19.6. The molecule has 1 aromatic heterocycles. The summed E-state index contributed by atoms with van der Waals surface area (Å²) in [5.41, 5.74) is 2.14. The number of carbonyl (C=O) groups is 1. The Kier molecular flexibility index (Phi) is 6.64. The van der Waals surface area contributed by atoms with Gasteiger partial charge < -0.3 is 9.42 Å². The molecule has 5 heteroatoms. The van der Waals surface area contributed by atoms with E-state index in [0.717, 1.165) is 57.1 Å². The highest BCUT2D eigenvalue weighted by Gasteiger charge is 2.34. The third-order valence-corrected chi connectivity index (χ3v) is 5.57. The minimum atomic E-state index is -0.0892. The molecule has 0 bridgehead atoms. The SMILES string of the molecule is CCCC[C@H](CC)C(=O)N1CCCC[C@H]1c1nc(-c2ccc(C)cc2)no1. The fourth-order valence-corrected chi connectivity index (χ4v) is 3.83. The fourth-order valence-electron chi connectivity index (χ4n) is 3.83. The summed E-state index contributed by atoms with van der Waals surface area (Å²) in [6, 6.07) is 8.01. The van der Waals surface area contributed by atoms with Crippen molar-refractivity contribution in [3.63, 3.8) is 0 Å². The van der Waals surface area contributed by atoms with Crippen LogP contribution < -0.4 is 0 Å². The van der Waals surface area contributed by atoms with E-state index in [1.165, 1.54) is 5.56 Å². The smallest absolute Gasteiger partial charge is 0.249 e. The van der Waals surface area contributed by atoms with Gasteiger partial charge in [0, 0.05) is 18.0 Å². The van der Waals surface area contributed by atoms with Crippen LogP contribution >= 0.6 is 0 Å². The average Bonchev–Trinajstić information content (AvgIpc) is 3.19. The Balaban J connectivity index is 1.79. The molecular weight excluding hydrogens is 338 g/mol. The number of hydrogen-bond donors (Lipinski definition) is 0. The van der Waals surface area contributed by atoms with Crippen LogP contribution in [0.2, 0.25) is 0 Å². The van der Waals surface area contributed by atoms with Crippen LogP contribution in [0.4, 0.5) is 0 Å². The fraction of sp³-hybridized carbons (Fsp3) is 0.591. The molecule has 2 atom stereocenters. The zero-order chi connectivity index (χ0) is 19.2. The van der Waals surface area contributed by atoms with Crippen molar-refractivity contribution in [2.24, 2.45) is 5.92 Å². The maximum atomic E-state index is 13.2. The van der Waals surface area contributed by atoms with Crippen molar-refractivity contribution < 1.29 is 9.32 Å². The van der Waals surface area contributed by atoms with Crippen molar-refractivity contribution >= 4 is 5.91 Å². The molecule has 2 aromatic rings. The molecule has 1 fully saturated rings. The molecule has 0 spiro atoms. The second-order valence-electron chi connectivity index (χ2n) is 7.61. The van der Waals surface area contributed by atoms with Crippen molar-refractivity contribution in [2.45, 2.75) is 71.8 Å². The third-order valence-electron chi connectivity index (χ3n) is 5.57. The third kappa shape index (κ3) is 4.57. The first-order valence-electron chi connectivity index (χ1n) is 10.3. The first-order valence-corrected chi connectivity index (χ1v) is 10.3. The average molecular weight is 370 g/mol. The number of rotatable bonds is 7. The normalized spacial score (nSPS) is 18.5. The number of carbonyl (C=O) groups excluding carboxylic acids is 1. The summed E-state index contributed by atoms with van der Waals surface area (Å²) >= 11 is 0. The van der Waals surface area contributed by atoms with E-state index in [4.69, 9.17) is 4.52 Å². The number of aromatic nitrogens is 2. The molecule has 0 aliphatic carbocycles. The molecule has 3 rings (SSSR count). The van der Waals surface area contributed by atoms with Gasteiger partial charge in [0.25, 0.3) is 0 Å². The topological polar surface area (TPSA) is 59.2 Å². The number of piperidine rings is 1. The summed E-state index contributed by atoms with van der Waals surface area (Å²) in [7, 11) is 0. The Hall–Kier alpha value is -2.17. The molecule has 0 radical (unpaired) electrons. The lowest BCUT2D eigenvalue weighted by Gasteiger charge is -2.35. The second kappa shape index (κ2) is 9.16. The molecule has 1 amide bonds. The van der Waals surface area contributed by atoms with Crippen LogP contribution in [0.15, 0.2) is 28.8 Å². The summed E-state index contributed by atoms with van der Waals surface area (Å²) in [4.78, 5) is 19.8. The van der Waals surface area contributed by atoms with E-state index >= 15 is 0 Å². The lowest BCUT2D eigenvalue weighted by Crippen LogP contribution is -2.42. The molecule has 0 unspecified atom stereocenters. The molecule has 27 heavy (non-hydrogen) atoms. The van der Waals surface area contributed by atoms with Crippen molar-refractivity contribution in [2.75, 3.05) is 6.54 Å². The van der Waals surface area contributed by atoms with Crippen LogP contribution in [-0.2, 0) is 4.79 Å². The number of nitrogens with zero attached hydrogens (tertiary/aromatic N) is 3. The van der Waals surface area contributed by atoms with Crippen molar-refractivity contribution in [3.05, 3.63) is 35.7 Å². The van der Waals surface area contributed by atoms with Gasteiger partial charge in [-0.1, -0.05) is 61.7 Å². The second-order valence-corrected chi connectivity index (χ2v) is 7.61. The van der Waals surface area contributed by atoms with Gasteiger partial charge in [0.15, 0.2) is 0 Å². The Labute approximate surface area is 162 Å². The number of likely N-dealkylation sites (tertiary alicyclic amines) is 1. The van der Waals surface area contributed by atoms with Crippen LogP contribution in [0, 0.1) is 12.8 Å². The highest BCUT2D eigenvalue weighted by molar-refractivity contribution is 5.79. The first-order chi connectivity index (χ1) is 13.1. The molecule has 0 saturated carbocycles. The lowest BCUT2D eigenvalue weighted by atomic mass is 9.94. The zero-order valence-electron chi connectivity index (χ0n) is 16.8. The molecule has 1 aromatic carbocycles. The highest BCUT2D eigenvalue weighted by Crippen LogP contribution is 2.33. The number of amides is 1. The van der Waals surface area contributed by atoms with E-state index in [1.54, 1.807) is 0 Å². The lowest BCUT2D eigenvalue weighted by molar-refractivity contribution is -0.140. The molecule has 5 nitrogen and oxygen atoms in total. The standard InChI is InChI=1S/C22H31N3O2/c1-4-6-9-17(5-2)22(26)25-15-8-7-10-19(25)21-23-20(24-27-21)18-13-11-16(3)12-14-18/h11-14,17,19H,4-10,15H2,1-3H3/t17-,19-/m0/s1. The van der Waals surface area contributed by atoms with Crippen LogP contribution in [0.5, 0.6) is 0 Å². The highest BCUT2D eigenvalue weighted by atomic mass is 16.5. The van der Waals surface area contributed by atoms with Crippen molar-refractivity contribution in [1.29, 1.82) is 0 Å². The van der Waals surface area contributed by atoms with Gasteiger partial charge in [0.05, 0.1) is 0 Å². The Morgan fingerprint density at radius 2 is 2.04 bits per heavy atom. The summed E-state index contributed by atoms with van der Waals surface area (Å²) in [5, 5.41) is 4.18. The van der Waals surface area contributed by atoms with E-state index in [-0.39, 0.29) is 17.9 Å². The van der Waals surface area contributed by atoms with E-state index in [1.807, 2.05) is 29.2 Å². The summed E-state index contributed by atoms with van der Waals surface area (Å²) < 4.78 is 5.61. The maximum Gasteiger partial charge on any atom is 0.249 e. The van der Waals surface area contributed by atoms with Gasteiger partial charge in [-0.3, -0.25) is 4.79 Å². The van der Waals surface area contributed by atoms with Gasteiger partial charge in [0.2, 0.25) is 17.6 Å². The van der Waals surface area contributed by atoms with E-state index < -0.39 is 0 Å². The van der Waals surface area contributed by atoms with Gasteiger partial charge in [0.1, 0.15) is 6.04 Å². The van der Waals surface area contributed by atoms with Gasteiger partial charge in [-0.05, 0) is 39.0 Å². The van der Waals surface area contributed by atoms with E-state index in [2.05, 4.69) is 30.9 Å². The Morgan fingerprint density at radius 1 is 1.26 bits per heavy atom. The molecule has 1 aliphatic heterocycles. The monoisotopic (exact) mass is 369 g/mol. The van der Waals surface area contributed by atoms with Gasteiger partial charge in [-0.2, -0.15) is 4.98 Å². The number of aryl methyl sites for hydroxylation is 1. The van der Waals surface area contributed by atoms with E-state index in [0.29, 0.717) is 11.7 Å². The Bertz CT molecular complexity index is 738. The van der Waals surface area contributed by atoms with E-state index in [9.17, 15) is 4.79 Å². The van der Waals surface area contributed by atoms with Crippen molar-refractivity contribution in [1.82, 2.24) is 15.0 Å². The number of unbranched alkanes of at least 4 members (excludes halogenated alkanes) is 1. The molecule has 146 valence electrons. The molecular formula is C22H31N3O2. The predicted octanol–water partition coefficient (Wildman–Crippen LogP) is 5.32. The summed E-state index contributed by atoms with van der Waals surface area (Å²) in [5.74, 6) is 1.53. The Morgan fingerprint density at radius 3 is 2.74 bits per heavy atom.